The van der Waals surface area contributed by atoms with E-state index in [1.165, 1.54) is 28.7 Å². The van der Waals surface area contributed by atoms with Crippen molar-refractivity contribution >= 4 is 5.57 Å². The van der Waals surface area contributed by atoms with Crippen LogP contribution in [-0.2, 0) is 10.8 Å². The number of hydrogen-bond acceptors (Lipinski definition) is 0. The quantitative estimate of drug-likeness (QED) is 0.396. The van der Waals surface area contributed by atoms with Gasteiger partial charge in [0.1, 0.15) is 0 Å². The Morgan fingerprint density at radius 2 is 1.18 bits per heavy atom. The molecule has 0 spiro atoms. The van der Waals surface area contributed by atoms with Crippen LogP contribution < -0.4 is 0 Å². The molecule has 0 unspecified atom stereocenters. The van der Waals surface area contributed by atoms with Crippen LogP contribution in [0.15, 0.2) is 79.9 Å². The maximum Gasteiger partial charge on any atom is -0.0126 e. The molecule has 0 atom stereocenters. The second-order valence-corrected chi connectivity index (χ2v) is 10.6. The number of benzene rings is 2. The molecule has 0 radical (unpaired) electrons. The minimum atomic E-state index is 0.139. The first-order valence-electron chi connectivity index (χ1n) is 13.0. The summed E-state index contributed by atoms with van der Waals surface area (Å²) in [6.07, 6.45) is 6.93. The van der Waals surface area contributed by atoms with Crippen molar-refractivity contribution in [3.8, 4) is 0 Å². The Morgan fingerprint density at radius 3 is 1.53 bits per heavy atom. The summed E-state index contributed by atoms with van der Waals surface area (Å²) >= 11 is 0. The zero-order valence-electron chi connectivity index (χ0n) is 24.5. The van der Waals surface area contributed by atoms with E-state index in [9.17, 15) is 0 Å². The van der Waals surface area contributed by atoms with Crippen LogP contribution in [0.5, 0.6) is 0 Å². The molecule has 0 bridgehead atoms. The Bertz CT molecular complexity index is 848. The minimum absolute atomic E-state index is 0.139. The largest absolute Gasteiger partial charge is 0.0990 e. The van der Waals surface area contributed by atoms with Gasteiger partial charge in [-0.1, -0.05) is 169 Å². The van der Waals surface area contributed by atoms with Gasteiger partial charge in [0.2, 0.25) is 0 Å². The van der Waals surface area contributed by atoms with Gasteiger partial charge in [-0.25, -0.2) is 0 Å². The fraction of sp³-hybridized carbons (Fsp3) is 0.471. The number of rotatable bonds is 4. The van der Waals surface area contributed by atoms with Crippen molar-refractivity contribution in [2.75, 3.05) is 0 Å². The van der Waals surface area contributed by atoms with Crippen LogP contribution in [0.25, 0.3) is 5.57 Å². The summed E-state index contributed by atoms with van der Waals surface area (Å²) in [7, 11) is 0. The molecule has 0 aliphatic heterocycles. The smallest absolute Gasteiger partial charge is 0.0126 e. The highest BCUT2D eigenvalue weighted by molar-refractivity contribution is 5.77. The van der Waals surface area contributed by atoms with E-state index in [0.717, 1.165) is 5.57 Å². The summed E-state index contributed by atoms with van der Waals surface area (Å²) in [4.78, 5) is 0. The second-order valence-electron chi connectivity index (χ2n) is 10.6. The lowest BCUT2D eigenvalue weighted by atomic mass is 9.81. The van der Waals surface area contributed by atoms with E-state index in [0.29, 0.717) is 5.92 Å². The van der Waals surface area contributed by atoms with E-state index in [2.05, 4.69) is 131 Å². The van der Waals surface area contributed by atoms with Gasteiger partial charge < -0.3 is 0 Å². The lowest BCUT2D eigenvalue weighted by Crippen LogP contribution is -2.14. The molecule has 0 saturated carbocycles. The molecular weight excluding hydrogens is 408 g/mol. The summed E-state index contributed by atoms with van der Waals surface area (Å²) in [5.74, 6) is 0.621. The molecule has 34 heavy (non-hydrogen) atoms. The van der Waals surface area contributed by atoms with Gasteiger partial charge in [-0.05, 0) is 44.6 Å². The van der Waals surface area contributed by atoms with Gasteiger partial charge in [0.25, 0.3) is 0 Å². The fourth-order valence-corrected chi connectivity index (χ4v) is 3.47. The summed E-state index contributed by atoms with van der Waals surface area (Å²) in [5, 5.41) is 0. The van der Waals surface area contributed by atoms with E-state index in [1.807, 2.05) is 26.0 Å². The van der Waals surface area contributed by atoms with E-state index in [-0.39, 0.29) is 10.8 Å². The summed E-state index contributed by atoms with van der Waals surface area (Å²) in [6, 6.07) is 17.2. The summed E-state index contributed by atoms with van der Waals surface area (Å²) in [6.45, 7) is 33.8. The Morgan fingerprint density at radius 1 is 0.765 bits per heavy atom. The van der Waals surface area contributed by atoms with Crippen LogP contribution in [0.3, 0.4) is 0 Å². The summed E-state index contributed by atoms with van der Waals surface area (Å²) in [5.41, 5.74) is 7.06. The molecule has 0 aliphatic carbocycles. The third-order valence-corrected chi connectivity index (χ3v) is 4.95. The van der Waals surface area contributed by atoms with Crippen molar-refractivity contribution in [1.82, 2.24) is 0 Å². The van der Waals surface area contributed by atoms with Gasteiger partial charge in [-0.3, -0.25) is 0 Å². The average molecular weight is 463 g/mol. The molecular formula is C34H54. The van der Waals surface area contributed by atoms with Crippen LogP contribution in [0.2, 0.25) is 0 Å². The molecule has 0 heteroatoms. The van der Waals surface area contributed by atoms with Crippen molar-refractivity contribution in [3.63, 3.8) is 0 Å². The first-order chi connectivity index (χ1) is 15.8. The Balaban J connectivity index is 0. The molecule has 0 amide bonds. The first kappa shape index (κ1) is 33.8. The average Bonchev–Trinajstić information content (AvgIpc) is 2.78. The van der Waals surface area contributed by atoms with Crippen LogP contribution in [0, 0.1) is 0 Å². The lowest BCUT2D eigenvalue weighted by molar-refractivity contribution is 0.577. The van der Waals surface area contributed by atoms with E-state index >= 15 is 0 Å². The maximum absolute atomic E-state index is 3.86. The van der Waals surface area contributed by atoms with E-state index in [1.54, 1.807) is 6.08 Å². The molecule has 0 nitrogen and oxygen atoms in total. The second kappa shape index (κ2) is 17.1. The van der Waals surface area contributed by atoms with Crippen molar-refractivity contribution in [2.24, 2.45) is 0 Å². The third-order valence-electron chi connectivity index (χ3n) is 4.95. The topological polar surface area (TPSA) is 0 Å². The molecule has 0 saturated heterocycles. The van der Waals surface area contributed by atoms with Crippen molar-refractivity contribution in [3.05, 3.63) is 102 Å². The fourth-order valence-electron chi connectivity index (χ4n) is 3.47. The van der Waals surface area contributed by atoms with Gasteiger partial charge >= 0.3 is 0 Å². The SMILES string of the molecule is C=C/C=C(\C=C)c1ccccc1C(C)(C)C.CC.CC(C)c1ccccc1C(C)(C)C.CCC. The van der Waals surface area contributed by atoms with Crippen molar-refractivity contribution in [2.45, 2.75) is 106 Å². The normalized spacial score (nSPS) is 11.1. The van der Waals surface area contributed by atoms with Gasteiger partial charge in [0.15, 0.2) is 0 Å². The van der Waals surface area contributed by atoms with Crippen LogP contribution >= 0.6 is 0 Å². The molecule has 190 valence electrons. The zero-order valence-corrected chi connectivity index (χ0v) is 24.5. The van der Waals surface area contributed by atoms with Gasteiger partial charge in [-0.2, -0.15) is 0 Å². The van der Waals surface area contributed by atoms with Crippen LogP contribution in [0.1, 0.15) is 118 Å². The molecule has 0 heterocycles. The number of allylic oxidation sites excluding steroid dienone is 4. The Kier molecular flexibility index (Phi) is 17.1. The van der Waals surface area contributed by atoms with Gasteiger partial charge in [0, 0.05) is 0 Å². The van der Waals surface area contributed by atoms with Gasteiger partial charge in [0.05, 0.1) is 0 Å². The van der Waals surface area contributed by atoms with Crippen molar-refractivity contribution in [1.29, 1.82) is 0 Å². The molecule has 0 aliphatic rings. The molecule has 2 rings (SSSR count). The predicted molar refractivity (Wildman–Crippen MR) is 160 cm³/mol. The summed E-state index contributed by atoms with van der Waals surface area (Å²) < 4.78 is 0. The van der Waals surface area contributed by atoms with Crippen LogP contribution in [-0.4, -0.2) is 0 Å². The van der Waals surface area contributed by atoms with Crippen LogP contribution in [0.4, 0.5) is 0 Å². The predicted octanol–water partition coefficient (Wildman–Crippen LogP) is 11.3. The maximum atomic E-state index is 3.86. The zero-order chi connectivity index (χ0) is 26.9. The molecule has 2 aromatic rings. The highest BCUT2D eigenvalue weighted by Gasteiger charge is 2.19. The lowest BCUT2D eigenvalue weighted by Gasteiger charge is -2.24. The highest BCUT2D eigenvalue weighted by atomic mass is 14.2. The van der Waals surface area contributed by atoms with E-state index in [4.69, 9.17) is 0 Å². The monoisotopic (exact) mass is 462 g/mol. The molecule has 2 aromatic carbocycles. The number of hydrogen-bond donors (Lipinski definition) is 0. The standard InChI is InChI=1S/C16H20.C13H20.C3H8.C2H6/c1-6-10-13(7-2)14-11-8-9-12-15(14)16(3,4)5;1-10(2)11-8-6-7-9-12(11)13(3,4)5;1-3-2;1-2/h6-12H,1-2H2,3-5H3;6-10H,1-5H3;3H2,1-2H3;1-2H3/b13-10+;;;. The Labute approximate surface area is 213 Å². The Hall–Kier alpha value is -2.34. The van der Waals surface area contributed by atoms with Crippen molar-refractivity contribution < 1.29 is 0 Å². The molecule has 0 fully saturated rings. The van der Waals surface area contributed by atoms with Gasteiger partial charge in [-0.15, -0.1) is 0 Å². The third kappa shape index (κ3) is 12.2. The molecule has 0 N–H and O–H groups in total. The minimum Gasteiger partial charge on any atom is -0.0990 e. The van der Waals surface area contributed by atoms with E-state index < -0.39 is 0 Å². The first-order valence-corrected chi connectivity index (χ1v) is 13.0. The molecule has 0 aromatic heterocycles. The highest BCUT2D eigenvalue weighted by Crippen LogP contribution is 2.31.